The highest BCUT2D eigenvalue weighted by Crippen LogP contribution is 2.31. The Morgan fingerprint density at radius 3 is 2.84 bits per heavy atom. The van der Waals surface area contributed by atoms with Gasteiger partial charge in [-0.1, -0.05) is 5.16 Å². The third-order valence-electron chi connectivity index (χ3n) is 4.44. The smallest absolute Gasteiger partial charge is 0.430 e. The van der Waals surface area contributed by atoms with Crippen molar-refractivity contribution in [1.82, 2.24) is 20.4 Å². The second-order valence-corrected chi connectivity index (χ2v) is 6.27. The number of likely N-dealkylation sites (tertiary alicyclic amines) is 1. The van der Waals surface area contributed by atoms with Crippen LogP contribution in [0.3, 0.4) is 0 Å². The maximum Gasteiger partial charge on any atom is 0.509 e. The van der Waals surface area contributed by atoms with Crippen molar-refractivity contribution in [3.05, 3.63) is 11.7 Å². The number of amides is 2. The predicted molar refractivity (Wildman–Crippen MR) is 82.8 cm³/mol. The molecule has 2 saturated heterocycles. The first kappa shape index (κ1) is 17.5. The van der Waals surface area contributed by atoms with Crippen molar-refractivity contribution in [3.8, 4) is 0 Å². The Labute approximate surface area is 144 Å². The number of cyclic esters (lactones) is 1. The van der Waals surface area contributed by atoms with Crippen molar-refractivity contribution >= 4 is 12.2 Å². The highest BCUT2D eigenvalue weighted by atomic mass is 16.8. The lowest BCUT2D eigenvalue weighted by molar-refractivity contribution is 0.00908. The van der Waals surface area contributed by atoms with E-state index >= 15 is 0 Å². The molecule has 0 bridgehead atoms. The van der Waals surface area contributed by atoms with Gasteiger partial charge in [0.2, 0.25) is 5.89 Å². The number of nitrogens with zero attached hydrogens (tertiary/aromatic N) is 3. The molecule has 2 fully saturated rings. The topological polar surface area (TPSA) is 116 Å². The van der Waals surface area contributed by atoms with Crippen LogP contribution in [0.15, 0.2) is 4.52 Å². The normalized spacial score (nSPS) is 20.2. The minimum absolute atomic E-state index is 0.218. The Bertz CT molecular complexity index is 625. The third-order valence-corrected chi connectivity index (χ3v) is 4.44. The number of aromatic nitrogens is 2. The number of urea groups is 1. The summed E-state index contributed by atoms with van der Waals surface area (Å²) in [5.74, 6) is 0.895. The molecule has 10 heteroatoms. The lowest BCUT2D eigenvalue weighted by atomic mass is 9.92. The summed E-state index contributed by atoms with van der Waals surface area (Å²) in [6, 6.07) is -0.621. The molecule has 2 aliphatic heterocycles. The maximum atomic E-state index is 12.4. The monoisotopic (exact) mass is 354 g/mol. The summed E-state index contributed by atoms with van der Waals surface area (Å²) in [5.41, 5.74) is -0.581. The van der Waals surface area contributed by atoms with Crippen molar-refractivity contribution < 1.29 is 28.3 Å². The van der Waals surface area contributed by atoms with Gasteiger partial charge < -0.3 is 29.0 Å². The quantitative estimate of drug-likeness (QED) is 0.780. The van der Waals surface area contributed by atoms with E-state index in [-0.39, 0.29) is 12.6 Å². The highest BCUT2D eigenvalue weighted by molar-refractivity contribution is 5.74. The van der Waals surface area contributed by atoms with Gasteiger partial charge in [0.25, 0.3) is 0 Å². The number of ether oxygens (including phenoxy) is 3. The molecule has 10 nitrogen and oxygen atoms in total. The standard InChI is InChI=1S/C15H22N4O6/c1-10(12-17-11(18-25-12)3-8-22-2)16-13(20)19-6-4-15(5-7-19)9-23-14(21)24-15/h10H,3-9H2,1-2H3,(H,16,20)/t10-/m1/s1. The number of hydrogen-bond acceptors (Lipinski definition) is 8. The largest absolute Gasteiger partial charge is 0.509 e. The molecule has 0 saturated carbocycles. The van der Waals surface area contributed by atoms with E-state index in [9.17, 15) is 9.59 Å². The van der Waals surface area contributed by atoms with Crippen LogP contribution >= 0.6 is 0 Å². The van der Waals surface area contributed by atoms with E-state index in [0.717, 1.165) is 0 Å². The Hall–Kier alpha value is -2.36. The molecular formula is C15H22N4O6. The first-order valence-electron chi connectivity index (χ1n) is 8.24. The number of piperidine rings is 1. The molecule has 3 heterocycles. The van der Waals surface area contributed by atoms with Crippen LogP contribution in [0.4, 0.5) is 9.59 Å². The summed E-state index contributed by atoms with van der Waals surface area (Å²) in [4.78, 5) is 29.5. The fourth-order valence-electron chi connectivity index (χ4n) is 2.87. The molecule has 0 aromatic carbocycles. The van der Waals surface area contributed by atoms with Crippen LogP contribution < -0.4 is 5.32 Å². The summed E-state index contributed by atoms with van der Waals surface area (Å²) in [6.07, 6.45) is 1.03. The molecule has 1 atom stereocenters. The van der Waals surface area contributed by atoms with Gasteiger partial charge in [0, 0.05) is 39.5 Å². The van der Waals surface area contributed by atoms with Crippen molar-refractivity contribution in [3.63, 3.8) is 0 Å². The number of carbonyl (C=O) groups is 2. The van der Waals surface area contributed by atoms with Crippen molar-refractivity contribution in [2.45, 2.75) is 37.8 Å². The number of hydrogen-bond donors (Lipinski definition) is 1. The molecule has 1 aromatic heterocycles. The summed E-state index contributed by atoms with van der Waals surface area (Å²) in [6.45, 7) is 3.51. The molecule has 2 aliphatic rings. The van der Waals surface area contributed by atoms with Crippen molar-refractivity contribution in [2.24, 2.45) is 0 Å². The summed E-state index contributed by atoms with van der Waals surface area (Å²) < 4.78 is 20.3. The maximum absolute atomic E-state index is 12.4. The average Bonchev–Trinajstić information content (AvgIpc) is 3.21. The van der Waals surface area contributed by atoms with Crippen LogP contribution in [0, 0.1) is 0 Å². The zero-order valence-corrected chi connectivity index (χ0v) is 14.3. The Kier molecular flexibility index (Phi) is 5.07. The number of methoxy groups -OCH3 is 1. The van der Waals surface area contributed by atoms with Gasteiger partial charge in [0.1, 0.15) is 12.6 Å². The second-order valence-electron chi connectivity index (χ2n) is 6.27. The van der Waals surface area contributed by atoms with E-state index in [1.807, 2.05) is 0 Å². The van der Waals surface area contributed by atoms with Gasteiger partial charge >= 0.3 is 12.2 Å². The van der Waals surface area contributed by atoms with Gasteiger partial charge in [-0.3, -0.25) is 0 Å². The molecule has 0 unspecified atom stereocenters. The predicted octanol–water partition coefficient (Wildman–Crippen LogP) is 1.03. The van der Waals surface area contributed by atoms with Crippen LogP contribution in [0.5, 0.6) is 0 Å². The van der Waals surface area contributed by atoms with E-state index in [0.29, 0.717) is 50.7 Å². The van der Waals surface area contributed by atoms with Gasteiger partial charge in [-0.25, -0.2) is 9.59 Å². The van der Waals surface area contributed by atoms with Gasteiger partial charge in [-0.2, -0.15) is 4.98 Å². The summed E-state index contributed by atoms with van der Waals surface area (Å²) in [5, 5.41) is 6.70. The molecule has 1 N–H and O–H groups in total. The molecule has 1 aromatic rings. The Morgan fingerprint density at radius 2 is 2.20 bits per heavy atom. The van der Waals surface area contributed by atoms with Crippen LogP contribution in [0.1, 0.15) is 37.5 Å². The summed E-state index contributed by atoms with van der Waals surface area (Å²) in [7, 11) is 1.60. The molecular weight excluding hydrogens is 332 g/mol. The van der Waals surface area contributed by atoms with Crippen LogP contribution in [-0.4, -0.2) is 66.2 Å². The molecule has 138 valence electrons. The average molecular weight is 354 g/mol. The Morgan fingerprint density at radius 1 is 1.44 bits per heavy atom. The van der Waals surface area contributed by atoms with Crippen LogP contribution in [0.25, 0.3) is 0 Å². The first-order valence-corrected chi connectivity index (χ1v) is 8.24. The third kappa shape index (κ3) is 4.01. The van der Waals surface area contributed by atoms with E-state index in [4.69, 9.17) is 18.7 Å². The zero-order chi connectivity index (χ0) is 17.9. The van der Waals surface area contributed by atoms with Crippen molar-refractivity contribution in [1.29, 1.82) is 0 Å². The number of carbonyl (C=O) groups excluding carboxylic acids is 2. The van der Waals surface area contributed by atoms with Crippen molar-refractivity contribution in [2.75, 3.05) is 33.4 Å². The fraction of sp³-hybridized carbons (Fsp3) is 0.733. The van der Waals surface area contributed by atoms with Gasteiger partial charge in [-0.15, -0.1) is 0 Å². The van der Waals surface area contributed by atoms with E-state index in [1.165, 1.54) is 0 Å². The van der Waals surface area contributed by atoms with E-state index in [2.05, 4.69) is 15.5 Å². The number of nitrogens with one attached hydrogen (secondary N) is 1. The molecule has 1 spiro atoms. The molecule has 0 radical (unpaired) electrons. The molecule has 0 aliphatic carbocycles. The fourth-order valence-corrected chi connectivity index (χ4v) is 2.87. The Balaban J connectivity index is 1.49. The molecule has 2 amide bonds. The second kappa shape index (κ2) is 7.26. The van der Waals surface area contributed by atoms with Gasteiger partial charge in [0.15, 0.2) is 11.4 Å². The van der Waals surface area contributed by atoms with E-state index < -0.39 is 17.8 Å². The van der Waals surface area contributed by atoms with Gasteiger partial charge in [0.05, 0.1) is 6.61 Å². The molecule has 25 heavy (non-hydrogen) atoms. The summed E-state index contributed by atoms with van der Waals surface area (Å²) >= 11 is 0. The first-order chi connectivity index (χ1) is 12.0. The van der Waals surface area contributed by atoms with E-state index in [1.54, 1.807) is 18.9 Å². The van der Waals surface area contributed by atoms with Gasteiger partial charge in [-0.05, 0) is 6.92 Å². The molecule has 3 rings (SSSR count). The minimum Gasteiger partial charge on any atom is -0.430 e. The SMILES string of the molecule is COCCc1noc([C@@H](C)NC(=O)N2CCC3(CC2)COC(=O)O3)n1. The lowest BCUT2D eigenvalue weighted by Crippen LogP contribution is -2.51. The zero-order valence-electron chi connectivity index (χ0n) is 14.3. The minimum atomic E-state index is -0.632. The number of rotatable bonds is 5. The van der Waals surface area contributed by atoms with Crippen LogP contribution in [0.2, 0.25) is 0 Å². The lowest BCUT2D eigenvalue weighted by Gasteiger charge is -2.36. The highest BCUT2D eigenvalue weighted by Gasteiger charge is 2.45. The van der Waals surface area contributed by atoms with Crippen LogP contribution in [-0.2, 0) is 20.6 Å².